The molecule has 4 rings (SSSR count). The zero-order valence-electron chi connectivity index (χ0n) is 23.0. The molecule has 15 heteroatoms. The summed E-state index contributed by atoms with van der Waals surface area (Å²) >= 11 is 0. The fraction of sp³-hybridized carbons (Fsp3) is 0.276. The van der Waals surface area contributed by atoms with Crippen LogP contribution in [0.25, 0.3) is 22.2 Å². The summed E-state index contributed by atoms with van der Waals surface area (Å²) in [7, 11) is 1.15. The van der Waals surface area contributed by atoms with E-state index in [0.29, 0.717) is 18.2 Å². The predicted molar refractivity (Wildman–Crippen MR) is 140 cm³/mol. The molecule has 0 aliphatic heterocycles. The quantitative estimate of drug-likeness (QED) is 0.205. The third-order valence-electron chi connectivity index (χ3n) is 6.69. The SMILES string of the molecule is COc1cc(C(=O)NCC(O)(c2cc(C(C)(C)O)c(F)c(-c3ccc(F)c(F)c3)n2)C(F)(F)F)cc2ccc(C(F)F)nc12. The zero-order chi connectivity index (χ0) is 32.8. The number of aliphatic hydroxyl groups is 2. The first-order valence-electron chi connectivity index (χ1n) is 12.6. The second kappa shape index (κ2) is 11.6. The van der Waals surface area contributed by atoms with Crippen LogP contribution in [0, 0.1) is 17.5 Å². The van der Waals surface area contributed by atoms with Gasteiger partial charge in [0.05, 0.1) is 24.9 Å². The summed E-state index contributed by atoms with van der Waals surface area (Å²) in [5, 5.41) is 23.5. The summed E-state index contributed by atoms with van der Waals surface area (Å²) < 4.78 is 118. The van der Waals surface area contributed by atoms with Crippen LogP contribution in [0.3, 0.4) is 0 Å². The first-order valence-corrected chi connectivity index (χ1v) is 12.6. The van der Waals surface area contributed by atoms with Crippen LogP contribution in [-0.4, -0.2) is 45.9 Å². The molecule has 3 N–H and O–H groups in total. The molecule has 2 aromatic heterocycles. The second-order valence-electron chi connectivity index (χ2n) is 10.2. The largest absolute Gasteiger partial charge is 0.494 e. The van der Waals surface area contributed by atoms with E-state index in [0.717, 1.165) is 45.2 Å². The molecule has 2 aromatic carbocycles. The Balaban J connectivity index is 1.78. The molecule has 0 saturated carbocycles. The first kappa shape index (κ1) is 32.5. The summed E-state index contributed by atoms with van der Waals surface area (Å²) in [4.78, 5) is 20.4. The van der Waals surface area contributed by atoms with E-state index in [2.05, 4.69) is 9.97 Å². The number of hydrogen-bond donors (Lipinski definition) is 3. The maximum Gasteiger partial charge on any atom is 0.424 e. The van der Waals surface area contributed by atoms with Crippen LogP contribution in [0.1, 0.15) is 47.6 Å². The smallest absolute Gasteiger partial charge is 0.424 e. The number of pyridine rings is 2. The number of fused-ring (bicyclic) bond motifs is 1. The second-order valence-corrected chi connectivity index (χ2v) is 10.2. The molecule has 0 radical (unpaired) electrons. The molecule has 0 fully saturated rings. The van der Waals surface area contributed by atoms with Gasteiger partial charge in [0.15, 0.2) is 17.5 Å². The lowest BCUT2D eigenvalue weighted by Crippen LogP contribution is -2.51. The number of alkyl halides is 5. The molecule has 0 saturated heterocycles. The molecule has 234 valence electrons. The maximum absolute atomic E-state index is 15.4. The highest BCUT2D eigenvalue weighted by Gasteiger charge is 2.57. The zero-order valence-corrected chi connectivity index (χ0v) is 23.0. The van der Waals surface area contributed by atoms with Gasteiger partial charge in [-0.2, -0.15) is 13.2 Å². The van der Waals surface area contributed by atoms with Crippen molar-refractivity contribution in [2.45, 2.75) is 37.7 Å². The van der Waals surface area contributed by atoms with Crippen molar-refractivity contribution in [3.8, 4) is 17.0 Å². The lowest BCUT2D eigenvalue weighted by atomic mass is 9.90. The molecule has 7 nitrogen and oxygen atoms in total. The van der Waals surface area contributed by atoms with Gasteiger partial charge in [0.2, 0.25) is 5.60 Å². The highest BCUT2D eigenvalue weighted by molar-refractivity contribution is 6.00. The minimum Gasteiger partial charge on any atom is -0.494 e. The van der Waals surface area contributed by atoms with E-state index in [1.165, 1.54) is 6.07 Å². The number of ether oxygens (including phenoxy) is 1. The number of aromatic nitrogens is 2. The summed E-state index contributed by atoms with van der Waals surface area (Å²) in [6, 6.07) is 6.71. The third-order valence-corrected chi connectivity index (χ3v) is 6.69. The number of nitrogens with one attached hydrogen (secondary N) is 1. The van der Waals surface area contributed by atoms with Crippen LogP contribution in [0.5, 0.6) is 5.75 Å². The number of rotatable bonds is 8. The number of methoxy groups -OCH3 is 1. The van der Waals surface area contributed by atoms with Gasteiger partial charge in [0.1, 0.15) is 22.7 Å². The molecule has 1 amide bonds. The standard InChI is InChI=1S/C29H23F8N3O4/c1-27(2,42)16-11-21(40-24(22(16)32)14-4-6-17(30)18(31)9-14)28(43,29(35,36)37)12-38-26(41)15-8-13-5-7-19(25(33)34)39-23(13)20(10-15)44-3/h4-11,25,42-43H,12H2,1-3H3,(H,38,41). The van der Waals surface area contributed by atoms with Gasteiger partial charge in [-0.1, -0.05) is 6.07 Å². The Kier molecular flexibility index (Phi) is 8.59. The molecule has 44 heavy (non-hydrogen) atoms. The van der Waals surface area contributed by atoms with Crippen molar-refractivity contribution in [1.82, 2.24) is 15.3 Å². The first-order chi connectivity index (χ1) is 20.4. The molecule has 0 spiro atoms. The van der Waals surface area contributed by atoms with Crippen molar-refractivity contribution in [1.29, 1.82) is 0 Å². The number of hydrogen-bond acceptors (Lipinski definition) is 6. The number of amides is 1. The predicted octanol–water partition coefficient (Wildman–Crippen LogP) is 6.07. The van der Waals surface area contributed by atoms with Crippen molar-refractivity contribution in [2.75, 3.05) is 13.7 Å². The van der Waals surface area contributed by atoms with Gasteiger partial charge in [-0.15, -0.1) is 0 Å². The van der Waals surface area contributed by atoms with Crippen LogP contribution in [-0.2, 0) is 11.2 Å². The third kappa shape index (κ3) is 6.15. The van der Waals surface area contributed by atoms with Crippen LogP contribution in [0.15, 0.2) is 48.5 Å². The van der Waals surface area contributed by atoms with Gasteiger partial charge >= 0.3 is 6.18 Å². The average Bonchev–Trinajstić information content (AvgIpc) is 2.95. The molecule has 2 heterocycles. The normalized spacial score (nSPS) is 13.7. The Bertz CT molecular complexity index is 1740. The molecule has 0 aliphatic rings. The van der Waals surface area contributed by atoms with E-state index in [1.54, 1.807) is 0 Å². The number of carbonyl (C=O) groups is 1. The van der Waals surface area contributed by atoms with Gasteiger partial charge in [-0.25, -0.2) is 31.9 Å². The summed E-state index contributed by atoms with van der Waals surface area (Å²) in [5.41, 5.74) is -10.6. The fourth-order valence-electron chi connectivity index (χ4n) is 4.29. The van der Waals surface area contributed by atoms with Gasteiger partial charge in [-0.05, 0) is 56.3 Å². The number of nitrogens with zero attached hydrogens (tertiary/aromatic N) is 2. The lowest BCUT2D eigenvalue weighted by Gasteiger charge is -2.32. The number of benzene rings is 2. The number of halogens is 8. The fourth-order valence-corrected chi connectivity index (χ4v) is 4.29. The van der Waals surface area contributed by atoms with E-state index >= 15 is 4.39 Å². The van der Waals surface area contributed by atoms with Gasteiger partial charge in [0, 0.05) is 22.1 Å². The minimum atomic E-state index is -5.57. The van der Waals surface area contributed by atoms with Gasteiger partial charge in [-0.3, -0.25) is 4.79 Å². The Morgan fingerprint density at radius 2 is 1.64 bits per heavy atom. The van der Waals surface area contributed by atoms with Crippen molar-refractivity contribution in [3.63, 3.8) is 0 Å². The average molecular weight is 630 g/mol. The van der Waals surface area contributed by atoms with Crippen molar-refractivity contribution in [2.24, 2.45) is 0 Å². The molecule has 1 atom stereocenters. The topological polar surface area (TPSA) is 105 Å². The van der Waals surface area contributed by atoms with E-state index in [4.69, 9.17) is 4.74 Å². The molecule has 1 unspecified atom stereocenters. The maximum atomic E-state index is 15.4. The Labute approximate surface area is 244 Å². The Morgan fingerprint density at radius 3 is 2.20 bits per heavy atom. The van der Waals surface area contributed by atoms with Gasteiger partial charge in [0.25, 0.3) is 12.3 Å². The minimum absolute atomic E-state index is 0.0481. The van der Waals surface area contributed by atoms with Crippen molar-refractivity contribution >= 4 is 16.8 Å². The number of carbonyl (C=O) groups excluding carboxylic acids is 1. The monoisotopic (exact) mass is 629 g/mol. The Morgan fingerprint density at radius 1 is 0.955 bits per heavy atom. The highest BCUT2D eigenvalue weighted by atomic mass is 19.4. The molecule has 4 aromatic rings. The molecule has 0 aliphatic carbocycles. The van der Waals surface area contributed by atoms with Crippen LogP contribution >= 0.6 is 0 Å². The van der Waals surface area contributed by atoms with E-state index in [1.807, 2.05) is 5.32 Å². The van der Waals surface area contributed by atoms with Crippen molar-refractivity contribution in [3.05, 3.63) is 88.5 Å². The summed E-state index contributed by atoms with van der Waals surface area (Å²) in [6.07, 6.45) is -8.48. The van der Waals surface area contributed by atoms with Crippen molar-refractivity contribution < 1.29 is 54.9 Å². The Hall–Kier alpha value is -4.37. The van der Waals surface area contributed by atoms with E-state index < -0.39 is 81.9 Å². The van der Waals surface area contributed by atoms with Crippen LogP contribution in [0.4, 0.5) is 35.1 Å². The van der Waals surface area contributed by atoms with Gasteiger partial charge < -0.3 is 20.3 Å². The van der Waals surface area contributed by atoms with E-state index in [9.17, 15) is 45.7 Å². The van der Waals surface area contributed by atoms with Crippen LogP contribution in [0.2, 0.25) is 0 Å². The van der Waals surface area contributed by atoms with Crippen LogP contribution < -0.4 is 10.1 Å². The molecule has 0 bridgehead atoms. The highest BCUT2D eigenvalue weighted by Crippen LogP contribution is 2.41. The lowest BCUT2D eigenvalue weighted by molar-refractivity contribution is -0.265. The molecular formula is C29H23F8N3O4. The summed E-state index contributed by atoms with van der Waals surface area (Å²) in [6.45, 7) is 0.481. The molecular weight excluding hydrogens is 606 g/mol. The van der Waals surface area contributed by atoms with E-state index in [-0.39, 0.29) is 22.2 Å². The summed E-state index contributed by atoms with van der Waals surface area (Å²) in [5.74, 6) is -5.49.